The summed E-state index contributed by atoms with van der Waals surface area (Å²) in [6.07, 6.45) is 5.54. The fourth-order valence-corrected chi connectivity index (χ4v) is 10.8. The van der Waals surface area contributed by atoms with Crippen molar-refractivity contribution in [3.05, 3.63) is 236 Å². The summed E-state index contributed by atoms with van der Waals surface area (Å²) in [6.45, 7) is 6.76. The third-order valence-electron chi connectivity index (χ3n) is 14.0. The first-order valence-corrected chi connectivity index (χ1v) is 24.1. The molecule has 0 aliphatic rings. The molecule has 0 atom stereocenters. The monoisotopic (exact) mass is 1110 g/mol. The first-order valence-electron chi connectivity index (χ1n) is 24.1. The van der Waals surface area contributed by atoms with Gasteiger partial charge in [-0.3, -0.25) is 4.57 Å². The van der Waals surface area contributed by atoms with Gasteiger partial charge in [-0.05, 0) is 82.7 Å². The van der Waals surface area contributed by atoms with Crippen molar-refractivity contribution in [3.8, 4) is 40.1 Å². The third kappa shape index (κ3) is 6.68. The smallest absolute Gasteiger partial charge is 0.268 e. The van der Waals surface area contributed by atoms with Gasteiger partial charge >= 0.3 is 0 Å². The first kappa shape index (κ1) is 43.5. The van der Waals surface area contributed by atoms with Gasteiger partial charge in [0.1, 0.15) is 5.82 Å². The van der Waals surface area contributed by atoms with Gasteiger partial charge in [0.05, 0.1) is 44.3 Å². The van der Waals surface area contributed by atoms with Crippen molar-refractivity contribution in [1.29, 1.82) is 0 Å². The van der Waals surface area contributed by atoms with E-state index in [-0.39, 0.29) is 26.5 Å². The maximum absolute atomic E-state index is 6.87. The van der Waals surface area contributed by atoms with Crippen molar-refractivity contribution in [2.24, 2.45) is 0 Å². The summed E-state index contributed by atoms with van der Waals surface area (Å²) in [5.41, 5.74) is 13.5. The molecule has 8 heteroatoms. The van der Waals surface area contributed by atoms with Crippen molar-refractivity contribution in [3.63, 3.8) is 0 Å². The number of fused-ring (bicyclic) bond motifs is 13. The molecule has 14 aromatic rings. The molecule has 0 saturated heterocycles. The summed E-state index contributed by atoms with van der Waals surface area (Å²) in [5.74, 6) is 1.94. The van der Waals surface area contributed by atoms with Crippen LogP contribution in [-0.4, -0.2) is 23.3 Å². The van der Waals surface area contributed by atoms with Crippen LogP contribution in [0.1, 0.15) is 26.3 Å². The number of ether oxygens (including phenoxy) is 1. The Bertz CT molecular complexity index is 4410. The second-order valence-corrected chi connectivity index (χ2v) is 19.2. The van der Waals surface area contributed by atoms with Gasteiger partial charge < -0.3 is 23.0 Å². The minimum Gasteiger partial charge on any atom is -0.510 e. The molecule has 7 nitrogen and oxygen atoms in total. The van der Waals surface area contributed by atoms with E-state index in [2.05, 4.69) is 221 Å². The molecule has 0 amide bonds. The normalized spacial score (nSPS) is 12.0. The van der Waals surface area contributed by atoms with Crippen LogP contribution in [0.4, 0.5) is 0 Å². The molecule has 0 saturated carbocycles. The Balaban J connectivity index is 0.00000504. The topological polar surface area (TPSA) is 45.7 Å². The number of nitrogens with zero attached hydrogens (tertiary/aromatic N) is 6. The zero-order chi connectivity index (χ0) is 47.4. The number of hydrogen-bond donors (Lipinski definition) is 0. The maximum Gasteiger partial charge on any atom is 0.268 e. The summed E-state index contributed by atoms with van der Waals surface area (Å²) in [7, 11) is 0. The third-order valence-corrected chi connectivity index (χ3v) is 14.0. The van der Waals surface area contributed by atoms with Crippen molar-refractivity contribution in [2.75, 3.05) is 0 Å². The standard InChI is InChI=1S/C64H44N6O.Pt/c1-64(2,3)42-36-37-65-57(38-42)70-56-40-48(71-47-27-19-26-46(39-47)67-41-66(43-20-7-4-8-21-43)54-32-17-18-33-55(54)67)34-35-51(56)58-59-49-28-13-15-30-52(49)68(44-22-9-5-10-23-44)62(59)63-60(61(58)70)50-29-14-16-31-53(50)69(63)45-24-11-6-12-25-45;/h4-38H,1-3H3;/q-2;. The molecule has 0 spiro atoms. The van der Waals surface area contributed by atoms with E-state index in [9.17, 15) is 0 Å². The van der Waals surface area contributed by atoms with E-state index < -0.39 is 0 Å². The predicted octanol–water partition coefficient (Wildman–Crippen LogP) is 15.1. The molecule has 9 aromatic carbocycles. The quantitative estimate of drug-likeness (QED) is 0.118. The number of rotatable bonds is 7. The van der Waals surface area contributed by atoms with Gasteiger partial charge in [0.25, 0.3) is 6.33 Å². The van der Waals surface area contributed by atoms with E-state index in [1.54, 1.807) is 0 Å². The van der Waals surface area contributed by atoms with Gasteiger partial charge in [-0.25, -0.2) is 4.98 Å². The molecule has 0 aliphatic carbocycles. The number of aromatic nitrogens is 6. The van der Waals surface area contributed by atoms with Crippen molar-refractivity contribution >= 4 is 76.5 Å². The van der Waals surface area contributed by atoms with E-state index >= 15 is 0 Å². The zero-order valence-electron chi connectivity index (χ0n) is 39.6. The van der Waals surface area contributed by atoms with Crippen LogP contribution < -0.4 is 9.30 Å². The van der Waals surface area contributed by atoms with Crippen LogP contribution in [0.5, 0.6) is 11.5 Å². The van der Waals surface area contributed by atoms with Gasteiger partial charge in [0.15, 0.2) is 0 Å². The Morgan fingerprint density at radius 1 is 0.472 bits per heavy atom. The second kappa shape index (κ2) is 16.8. The molecular formula is C64H44N6OPt-2. The van der Waals surface area contributed by atoms with E-state index in [1.165, 1.54) is 5.56 Å². The molecule has 0 radical (unpaired) electrons. The average Bonchev–Trinajstić information content (AvgIpc) is 4.16. The maximum atomic E-state index is 6.87. The van der Waals surface area contributed by atoms with Crippen molar-refractivity contribution in [1.82, 2.24) is 23.3 Å². The molecule has 0 N–H and O–H groups in total. The van der Waals surface area contributed by atoms with Crippen LogP contribution in [0.2, 0.25) is 0 Å². The summed E-state index contributed by atoms with van der Waals surface area (Å²) in [6, 6.07) is 79.9. The summed E-state index contributed by atoms with van der Waals surface area (Å²) >= 11 is 0. The van der Waals surface area contributed by atoms with Crippen LogP contribution in [0, 0.1) is 18.5 Å². The van der Waals surface area contributed by atoms with Crippen molar-refractivity contribution in [2.45, 2.75) is 26.2 Å². The van der Waals surface area contributed by atoms with Gasteiger partial charge in [0.2, 0.25) is 0 Å². The Labute approximate surface area is 430 Å². The number of para-hydroxylation sites is 7. The zero-order valence-corrected chi connectivity index (χ0v) is 41.9. The summed E-state index contributed by atoms with van der Waals surface area (Å²) < 4.78 is 18.3. The SMILES string of the molecule is CC(C)(C)c1ccnc(-n2c3[c-]c(Oc4[c-]c(-[n+]5[c-]n(-c6ccccc6)c6ccccc65)ccc4)ccc3c3c4c5ccccc5n(-c5ccccc5)c4c4c(c5ccccc5n4-c4ccccc4)c32)c1.[Pt]. The largest absolute Gasteiger partial charge is 0.510 e. The molecule has 348 valence electrons. The molecule has 0 bridgehead atoms. The predicted molar refractivity (Wildman–Crippen MR) is 287 cm³/mol. The van der Waals surface area contributed by atoms with Crippen LogP contribution >= 0.6 is 0 Å². The molecule has 0 aliphatic heterocycles. The van der Waals surface area contributed by atoms with E-state index in [1.807, 2.05) is 53.2 Å². The Morgan fingerprint density at radius 2 is 1.03 bits per heavy atom. The molecule has 5 aromatic heterocycles. The Kier molecular flexibility index (Phi) is 10.2. The number of benzene rings is 9. The number of imidazole rings is 1. The van der Waals surface area contributed by atoms with E-state index in [0.717, 1.165) is 105 Å². The minimum atomic E-state index is -0.132. The van der Waals surface area contributed by atoms with Crippen LogP contribution in [0.15, 0.2) is 212 Å². The first-order chi connectivity index (χ1) is 34.9. The molecule has 0 fully saturated rings. The van der Waals surface area contributed by atoms with Gasteiger partial charge in [-0.2, -0.15) is 18.2 Å². The average molecular weight is 1110 g/mol. The number of pyridine rings is 1. The summed E-state index contributed by atoms with van der Waals surface area (Å²) in [5, 5.41) is 6.77. The molecule has 5 heterocycles. The van der Waals surface area contributed by atoms with Crippen LogP contribution in [0.25, 0.3) is 105 Å². The molecule has 14 rings (SSSR count). The summed E-state index contributed by atoms with van der Waals surface area (Å²) in [4.78, 5) is 5.23. The second-order valence-electron chi connectivity index (χ2n) is 19.2. The van der Waals surface area contributed by atoms with E-state index in [4.69, 9.17) is 9.72 Å². The van der Waals surface area contributed by atoms with E-state index in [0.29, 0.717) is 11.5 Å². The van der Waals surface area contributed by atoms with Gasteiger partial charge in [-0.1, -0.05) is 142 Å². The van der Waals surface area contributed by atoms with Crippen LogP contribution in [-0.2, 0) is 26.5 Å². The number of hydrogen-bond acceptors (Lipinski definition) is 2. The fourth-order valence-electron chi connectivity index (χ4n) is 10.8. The van der Waals surface area contributed by atoms with Gasteiger partial charge in [0, 0.05) is 71.7 Å². The molecule has 0 unspecified atom stereocenters. The minimum absolute atomic E-state index is 0. The molecule has 72 heavy (non-hydrogen) atoms. The van der Waals surface area contributed by atoms with Gasteiger partial charge in [-0.15, -0.1) is 29.7 Å². The van der Waals surface area contributed by atoms with Crippen LogP contribution in [0.3, 0.4) is 0 Å². The molecular weight excluding hydrogens is 1060 g/mol. The Morgan fingerprint density at radius 3 is 1.69 bits per heavy atom. The fraction of sp³-hybridized carbons (Fsp3) is 0.0625. The van der Waals surface area contributed by atoms with Crippen molar-refractivity contribution < 1.29 is 30.4 Å². The Hall–Kier alpha value is -8.51.